The lowest BCUT2D eigenvalue weighted by Gasteiger charge is -2.08. The van der Waals surface area contributed by atoms with E-state index in [4.69, 9.17) is 10.5 Å². The Bertz CT molecular complexity index is 833. The fourth-order valence-corrected chi connectivity index (χ4v) is 1.89. The van der Waals surface area contributed by atoms with Crippen LogP contribution < -0.4 is 11.0 Å². The van der Waals surface area contributed by atoms with Gasteiger partial charge < -0.3 is 4.98 Å². The number of H-pyrrole nitrogens is 1. The van der Waals surface area contributed by atoms with E-state index in [1.165, 1.54) is 6.07 Å². The van der Waals surface area contributed by atoms with Gasteiger partial charge in [-0.3, -0.25) is 10.2 Å². The second-order valence-corrected chi connectivity index (χ2v) is 4.33. The van der Waals surface area contributed by atoms with Gasteiger partial charge in [-0.25, -0.2) is 0 Å². The molecular weight excluding hydrogens is 254 g/mol. The lowest BCUT2D eigenvalue weighted by atomic mass is 10.1. The van der Waals surface area contributed by atoms with Gasteiger partial charge in [0.15, 0.2) is 0 Å². The molecule has 0 unspecified atom stereocenters. The number of pyridine rings is 1. The van der Waals surface area contributed by atoms with Crippen molar-refractivity contribution in [3.8, 4) is 12.1 Å². The molecule has 0 saturated heterocycles. The maximum absolute atomic E-state index is 11.5. The zero-order valence-electron chi connectivity index (χ0n) is 11.0. The molecule has 0 fully saturated rings. The van der Waals surface area contributed by atoms with Crippen LogP contribution in [0.2, 0.25) is 0 Å². The molecule has 0 aliphatic rings. The fourth-order valence-electron chi connectivity index (χ4n) is 1.89. The molecule has 6 heteroatoms. The van der Waals surface area contributed by atoms with E-state index >= 15 is 0 Å². The van der Waals surface area contributed by atoms with Crippen LogP contribution in [0.4, 0.5) is 5.69 Å². The van der Waals surface area contributed by atoms with Crippen molar-refractivity contribution in [1.29, 1.82) is 10.5 Å². The van der Waals surface area contributed by atoms with Gasteiger partial charge in [0.25, 0.3) is 0 Å². The lowest BCUT2D eigenvalue weighted by Crippen LogP contribution is -2.06. The number of hydrogen-bond donors (Lipinski definition) is 2. The molecule has 0 bridgehead atoms. The van der Waals surface area contributed by atoms with Crippen LogP contribution in [-0.4, -0.2) is 10.7 Å². The summed E-state index contributed by atoms with van der Waals surface area (Å²) in [5, 5.41) is 21.9. The van der Waals surface area contributed by atoms with Crippen molar-refractivity contribution in [1.82, 2.24) is 4.98 Å². The SMILES string of the molecule is Cc1cc2c(C)cc(=O)[nH]c2cc1NN=C(C#N)C#N. The van der Waals surface area contributed by atoms with Crippen LogP contribution >= 0.6 is 0 Å². The first kappa shape index (κ1) is 13.3. The van der Waals surface area contributed by atoms with E-state index in [2.05, 4.69) is 15.5 Å². The van der Waals surface area contributed by atoms with Crippen molar-refractivity contribution in [2.24, 2.45) is 5.10 Å². The molecule has 98 valence electrons. The first-order chi connectivity index (χ1) is 9.55. The van der Waals surface area contributed by atoms with Crippen LogP contribution in [0.3, 0.4) is 0 Å². The summed E-state index contributed by atoms with van der Waals surface area (Å²) >= 11 is 0. The Balaban J connectivity index is 2.54. The zero-order chi connectivity index (χ0) is 14.7. The smallest absolute Gasteiger partial charge is 0.248 e. The van der Waals surface area contributed by atoms with E-state index in [1.54, 1.807) is 18.2 Å². The molecular formula is C14H11N5O. The summed E-state index contributed by atoms with van der Waals surface area (Å²) in [5.41, 5.74) is 5.31. The average molecular weight is 265 g/mol. The van der Waals surface area contributed by atoms with Gasteiger partial charge >= 0.3 is 0 Å². The third-order valence-corrected chi connectivity index (χ3v) is 2.89. The predicted molar refractivity (Wildman–Crippen MR) is 76.3 cm³/mol. The first-order valence-corrected chi connectivity index (χ1v) is 5.83. The van der Waals surface area contributed by atoms with E-state index < -0.39 is 0 Å². The molecule has 0 radical (unpaired) electrons. The quantitative estimate of drug-likeness (QED) is 0.639. The number of nitrogens with one attached hydrogen (secondary N) is 2. The molecule has 1 aromatic heterocycles. The van der Waals surface area contributed by atoms with Gasteiger partial charge in [0, 0.05) is 11.5 Å². The minimum atomic E-state index is -0.262. The molecule has 1 heterocycles. The Morgan fingerprint density at radius 1 is 1.20 bits per heavy atom. The summed E-state index contributed by atoms with van der Waals surface area (Å²) in [6.07, 6.45) is 0. The minimum Gasteiger partial charge on any atom is -0.322 e. The zero-order valence-corrected chi connectivity index (χ0v) is 11.0. The second kappa shape index (κ2) is 5.25. The van der Waals surface area contributed by atoms with Crippen LogP contribution in [0.1, 0.15) is 11.1 Å². The summed E-state index contributed by atoms with van der Waals surface area (Å²) < 4.78 is 0. The maximum Gasteiger partial charge on any atom is 0.248 e. The highest BCUT2D eigenvalue weighted by atomic mass is 16.1. The molecule has 1 aromatic carbocycles. The third-order valence-electron chi connectivity index (χ3n) is 2.89. The molecule has 0 spiro atoms. The topological polar surface area (TPSA) is 105 Å². The molecule has 6 nitrogen and oxygen atoms in total. The van der Waals surface area contributed by atoms with Gasteiger partial charge in [-0.2, -0.15) is 15.6 Å². The number of aromatic nitrogens is 1. The highest BCUT2D eigenvalue weighted by Gasteiger charge is 2.05. The molecule has 2 N–H and O–H groups in total. The van der Waals surface area contributed by atoms with Crippen LogP contribution in [0.25, 0.3) is 10.9 Å². The van der Waals surface area contributed by atoms with Crippen molar-refractivity contribution in [2.75, 3.05) is 5.43 Å². The normalized spacial score (nSPS) is 9.60. The molecule has 0 atom stereocenters. The van der Waals surface area contributed by atoms with E-state index in [1.807, 2.05) is 19.9 Å². The Morgan fingerprint density at radius 3 is 2.55 bits per heavy atom. The largest absolute Gasteiger partial charge is 0.322 e. The molecule has 0 aliphatic carbocycles. The number of hydrogen-bond acceptors (Lipinski definition) is 5. The fraction of sp³-hybridized carbons (Fsp3) is 0.143. The van der Waals surface area contributed by atoms with Crippen molar-refractivity contribution in [2.45, 2.75) is 13.8 Å². The number of nitrogens with zero attached hydrogens (tertiary/aromatic N) is 3. The Morgan fingerprint density at radius 2 is 1.90 bits per heavy atom. The van der Waals surface area contributed by atoms with Crippen LogP contribution in [0.5, 0.6) is 0 Å². The highest BCUT2D eigenvalue weighted by Crippen LogP contribution is 2.23. The summed E-state index contributed by atoms with van der Waals surface area (Å²) in [4.78, 5) is 14.2. The first-order valence-electron chi connectivity index (χ1n) is 5.83. The number of rotatable bonds is 2. The van der Waals surface area contributed by atoms with Crippen molar-refractivity contribution < 1.29 is 0 Å². The van der Waals surface area contributed by atoms with Crippen LogP contribution in [0.15, 0.2) is 28.1 Å². The highest BCUT2D eigenvalue weighted by molar-refractivity contribution is 6.10. The number of fused-ring (bicyclic) bond motifs is 1. The molecule has 20 heavy (non-hydrogen) atoms. The number of anilines is 1. The Labute approximate surface area is 115 Å². The monoisotopic (exact) mass is 265 g/mol. The summed E-state index contributed by atoms with van der Waals surface area (Å²) in [5.74, 6) is 0. The van der Waals surface area contributed by atoms with Gasteiger partial charge in [-0.15, -0.1) is 0 Å². The van der Waals surface area contributed by atoms with Crippen molar-refractivity contribution in [3.05, 3.63) is 39.7 Å². The summed E-state index contributed by atoms with van der Waals surface area (Å²) in [6, 6.07) is 8.51. The standard InChI is InChI=1S/C14H11N5O/c1-8-4-14(20)17-13-5-12(9(2)3-11(8)13)19-18-10(6-15)7-16/h3-5,19H,1-2H3,(H,17,20). The minimum absolute atomic E-state index is 0.178. The van der Waals surface area contributed by atoms with Gasteiger partial charge in [0.05, 0.1) is 11.2 Å². The number of benzene rings is 1. The van der Waals surface area contributed by atoms with Crippen LogP contribution in [0, 0.1) is 36.5 Å². The average Bonchev–Trinajstić information content (AvgIpc) is 2.41. The number of hydrazone groups is 1. The number of nitriles is 2. The number of aromatic amines is 1. The predicted octanol–water partition coefficient (Wildman–Crippen LogP) is 1.96. The third kappa shape index (κ3) is 2.50. The Kier molecular flexibility index (Phi) is 3.49. The van der Waals surface area contributed by atoms with Crippen LogP contribution in [-0.2, 0) is 0 Å². The molecule has 0 saturated carbocycles. The maximum atomic E-state index is 11.5. The van der Waals surface area contributed by atoms with Gasteiger partial charge in [-0.1, -0.05) is 0 Å². The van der Waals surface area contributed by atoms with Crippen molar-refractivity contribution in [3.63, 3.8) is 0 Å². The lowest BCUT2D eigenvalue weighted by molar-refractivity contribution is 1.26. The van der Waals surface area contributed by atoms with E-state index in [0.29, 0.717) is 11.2 Å². The van der Waals surface area contributed by atoms with Gasteiger partial charge in [0.1, 0.15) is 12.1 Å². The van der Waals surface area contributed by atoms with E-state index in [0.717, 1.165) is 16.5 Å². The molecule has 0 amide bonds. The summed E-state index contributed by atoms with van der Waals surface area (Å²) in [6.45, 7) is 3.74. The van der Waals surface area contributed by atoms with E-state index in [-0.39, 0.29) is 11.3 Å². The van der Waals surface area contributed by atoms with Crippen molar-refractivity contribution >= 4 is 22.3 Å². The molecule has 2 rings (SSSR count). The van der Waals surface area contributed by atoms with Gasteiger partial charge in [-0.05, 0) is 37.1 Å². The second-order valence-electron chi connectivity index (χ2n) is 4.33. The number of aryl methyl sites for hydroxylation is 2. The summed E-state index contributed by atoms with van der Waals surface area (Å²) in [7, 11) is 0. The van der Waals surface area contributed by atoms with E-state index in [9.17, 15) is 4.79 Å². The van der Waals surface area contributed by atoms with Gasteiger partial charge in [0.2, 0.25) is 11.3 Å². The molecule has 0 aliphatic heterocycles. The Hall–Kier alpha value is -3.12. The molecule has 2 aromatic rings.